The summed E-state index contributed by atoms with van der Waals surface area (Å²) >= 11 is 6.01. The third-order valence-corrected chi connectivity index (χ3v) is 5.68. The highest BCUT2D eigenvalue weighted by Crippen LogP contribution is 2.35. The van der Waals surface area contributed by atoms with E-state index < -0.39 is 0 Å². The van der Waals surface area contributed by atoms with E-state index in [1.807, 2.05) is 36.4 Å². The molecular weight excluding hydrogens is 442 g/mol. The van der Waals surface area contributed by atoms with Gasteiger partial charge in [0, 0.05) is 28.9 Å². The number of methoxy groups -OCH3 is 1. The standard InChI is InChI=1S/C25H30ClN3O4/c1-17(18-8-10-19(26)11-9-18)29-25-21-13-24(23(32-2)14-22(21)27-16-28-25)33-12-6-4-3-5-7-20(31)15-30/h8-11,13-14,16-17,30H,3-7,12,15H2,1-2H3,(H,27,28,29)/t17-/m1/s1. The maximum Gasteiger partial charge on any atom is 0.162 e. The number of aliphatic hydroxyl groups excluding tert-OH is 1. The van der Waals surface area contributed by atoms with E-state index in [2.05, 4.69) is 22.2 Å². The highest BCUT2D eigenvalue weighted by molar-refractivity contribution is 6.30. The van der Waals surface area contributed by atoms with Gasteiger partial charge in [0.15, 0.2) is 17.3 Å². The predicted octanol–water partition coefficient (Wildman–Crippen LogP) is 5.36. The number of benzene rings is 2. The normalized spacial score (nSPS) is 11.9. The number of rotatable bonds is 13. The van der Waals surface area contributed by atoms with Gasteiger partial charge in [-0.25, -0.2) is 9.97 Å². The fourth-order valence-corrected chi connectivity index (χ4v) is 3.66. The summed E-state index contributed by atoms with van der Waals surface area (Å²) in [5.41, 5.74) is 1.85. The van der Waals surface area contributed by atoms with Crippen molar-refractivity contribution in [3.63, 3.8) is 0 Å². The van der Waals surface area contributed by atoms with E-state index in [0.717, 1.165) is 42.1 Å². The lowest BCUT2D eigenvalue weighted by Gasteiger charge is -2.17. The molecule has 0 aliphatic carbocycles. The molecule has 2 N–H and O–H groups in total. The summed E-state index contributed by atoms with van der Waals surface area (Å²) in [5, 5.41) is 13.8. The fraction of sp³-hybridized carbons (Fsp3) is 0.400. The molecule has 0 aliphatic heterocycles. The minimum atomic E-state index is -0.371. The Kier molecular flexibility index (Phi) is 9.27. The molecule has 0 bridgehead atoms. The summed E-state index contributed by atoms with van der Waals surface area (Å²) in [6.07, 6.45) is 5.48. The molecule has 1 atom stereocenters. The first-order chi connectivity index (χ1) is 16.0. The number of carbonyl (C=O) groups is 1. The Labute approximate surface area is 199 Å². The number of Topliss-reactive ketones (excluding diaryl/α,β-unsaturated/α-hetero) is 1. The van der Waals surface area contributed by atoms with E-state index >= 15 is 0 Å². The average molecular weight is 472 g/mol. The molecule has 1 heterocycles. The fourth-order valence-electron chi connectivity index (χ4n) is 3.53. The van der Waals surface area contributed by atoms with E-state index in [0.29, 0.717) is 35.4 Å². The minimum absolute atomic E-state index is 0.0181. The van der Waals surface area contributed by atoms with Crippen molar-refractivity contribution in [2.24, 2.45) is 0 Å². The van der Waals surface area contributed by atoms with E-state index in [4.69, 9.17) is 26.2 Å². The summed E-state index contributed by atoms with van der Waals surface area (Å²) in [5.74, 6) is 1.86. The number of nitrogens with one attached hydrogen (secondary N) is 1. The second-order valence-electron chi connectivity index (χ2n) is 7.87. The van der Waals surface area contributed by atoms with E-state index in [1.54, 1.807) is 7.11 Å². The van der Waals surface area contributed by atoms with Crippen LogP contribution in [0.2, 0.25) is 5.02 Å². The van der Waals surface area contributed by atoms with Crippen LogP contribution in [0.5, 0.6) is 11.5 Å². The molecule has 7 nitrogen and oxygen atoms in total. The maximum atomic E-state index is 11.1. The smallest absolute Gasteiger partial charge is 0.162 e. The molecule has 0 fully saturated rings. The number of hydrogen-bond acceptors (Lipinski definition) is 7. The number of fused-ring (bicyclic) bond motifs is 1. The Balaban J connectivity index is 1.67. The zero-order chi connectivity index (χ0) is 23.6. The van der Waals surface area contributed by atoms with Crippen molar-refractivity contribution >= 4 is 34.1 Å². The average Bonchev–Trinajstić information content (AvgIpc) is 2.83. The van der Waals surface area contributed by atoms with Gasteiger partial charge in [0.1, 0.15) is 18.8 Å². The third-order valence-electron chi connectivity index (χ3n) is 5.43. The van der Waals surface area contributed by atoms with Crippen LogP contribution < -0.4 is 14.8 Å². The van der Waals surface area contributed by atoms with E-state index in [-0.39, 0.29) is 18.4 Å². The number of nitrogens with zero attached hydrogens (tertiary/aromatic N) is 2. The lowest BCUT2D eigenvalue weighted by molar-refractivity contribution is -0.121. The largest absolute Gasteiger partial charge is 0.493 e. The number of ketones is 1. The molecule has 0 radical (unpaired) electrons. The second kappa shape index (κ2) is 12.4. The van der Waals surface area contributed by atoms with Crippen LogP contribution in [0.25, 0.3) is 10.9 Å². The van der Waals surface area contributed by atoms with Crippen molar-refractivity contribution in [2.45, 2.75) is 45.1 Å². The third kappa shape index (κ3) is 7.04. The van der Waals surface area contributed by atoms with Crippen LogP contribution in [0.15, 0.2) is 42.7 Å². The number of aromatic nitrogens is 2. The molecule has 0 saturated heterocycles. The summed E-state index contributed by atoms with van der Waals surface area (Å²) in [7, 11) is 1.61. The first-order valence-corrected chi connectivity index (χ1v) is 11.5. The topological polar surface area (TPSA) is 93.6 Å². The van der Waals surface area contributed by atoms with Crippen LogP contribution in [0, 0.1) is 0 Å². The van der Waals surface area contributed by atoms with Gasteiger partial charge in [0.05, 0.1) is 19.2 Å². The van der Waals surface area contributed by atoms with Gasteiger partial charge < -0.3 is 19.9 Å². The van der Waals surface area contributed by atoms with Crippen molar-refractivity contribution in [1.82, 2.24) is 9.97 Å². The van der Waals surface area contributed by atoms with Crippen molar-refractivity contribution in [2.75, 3.05) is 25.6 Å². The number of ether oxygens (including phenoxy) is 2. The van der Waals surface area contributed by atoms with Crippen molar-refractivity contribution in [3.8, 4) is 11.5 Å². The lowest BCUT2D eigenvalue weighted by atomic mass is 10.1. The number of anilines is 1. The van der Waals surface area contributed by atoms with Crippen LogP contribution in [0.3, 0.4) is 0 Å². The summed E-state index contributed by atoms with van der Waals surface area (Å²) in [4.78, 5) is 20.0. The van der Waals surface area contributed by atoms with E-state index in [9.17, 15) is 4.79 Å². The molecule has 2 aromatic carbocycles. The summed E-state index contributed by atoms with van der Waals surface area (Å²) < 4.78 is 11.5. The highest BCUT2D eigenvalue weighted by atomic mass is 35.5. The van der Waals surface area contributed by atoms with Gasteiger partial charge in [0.2, 0.25) is 0 Å². The first-order valence-electron chi connectivity index (χ1n) is 11.1. The first kappa shape index (κ1) is 24.7. The summed E-state index contributed by atoms with van der Waals surface area (Å²) in [6, 6.07) is 11.5. The molecule has 0 saturated carbocycles. The molecule has 0 spiro atoms. The molecule has 0 unspecified atom stereocenters. The van der Waals surface area contributed by atoms with E-state index in [1.165, 1.54) is 6.33 Å². The predicted molar refractivity (Wildman–Crippen MR) is 130 cm³/mol. The molecule has 33 heavy (non-hydrogen) atoms. The molecular formula is C25H30ClN3O4. The maximum absolute atomic E-state index is 11.1. The molecule has 176 valence electrons. The van der Waals surface area contributed by atoms with Crippen LogP contribution >= 0.6 is 11.6 Å². The number of hydrogen-bond donors (Lipinski definition) is 2. The van der Waals surface area contributed by atoms with Crippen molar-refractivity contribution in [3.05, 3.63) is 53.3 Å². The minimum Gasteiger partial charge on any atom is -0.493 e. The van der Waals surface area contributed by atoms with Gasteiger partial charge in [0.25, 0.3) is 0 Å². The number of unbranched alkanes of at least 4 members (excludes halogenated alkanes) is 3. The zero-order valence-corrected chi connectivity index (χ0v) is 19.8. The lowest BCUT2D eigenvalue weighted by Crippen LogP contribution is -2.09. The Hall–Kier alpha value is -2.90. The molecule has 0 amide bonds. The second-order valence-corrected chi connectivity index (χ2v) is 8.31. The van der Waals surface area contributed by atoms with Crippen LogP contribution in [0.1, 0.15) is 50.6 Å². The Morgan fingerprint density at radius 2 is 1.85 bits per heavy atom. The molecule has 0 aliphatic rings. The number of carbonyl (C=O) groups excluding carboxylic acids is 1. The molecule has 1 aromatic heterocycles. The SMILES string of the molecule is COc1cc2ncnc(N[C@H](C)c3ccc(Cl)cc3)c2cc1OCCCCCCC(=O)CO. The zero-order valence-electron chi connectivity index (χ0n) is 19.0. The van der Waals surface area contributed by atoms with Gasteiger partial charge in [-0.2, -0.15) is 0 Å². The summed E-state index contributed by atoms with van der Waals surface area (Å²) in [6.45, 7) is 2.23. The number of halogens is 1. The molecule has 3 aromatic rings. The Morgan fingerprint density at radius 3 is 2.58 bits per heavy atom. The Morgan fingerprint density at radius 1 is 1.09 bits per heavy atom. The van der Waals surface area contributed by atoms with Gasteiger partial charge in [-0.3, -0.25) is 4.79 Å². The van der Waals surface area contributed by atoms with Gasteiger partial charge in [-0.05, 0) is 43.5 Å². The van der Waals surface area contributed by atoms with Gasteiger partial charge in [-0.15, -0.1) is 0 Å². The van der Waals surface area contributed by atoms with Crippen molar-refractivity contribution < 1.29 is 19.4 Å². The molecule has 8 heteroatoms. The highest BCUT2D eigenvalue weighted by Gasteiger charge is 2.14. The van der Waals surface area contributed by atoms with Crippen LogP contribution in [-0.2, 0) is 4.79 Å². The Bertz CT molecular complexity index is 1060. The van der Waals surface area contributed by atoms with Crippen molar-refractivity contribution in [1.29, 1.82) is 0 Å². The van der Waals surface area contributed by atoms with Gasteiger partial charge >= 0.3 is 0 Å². The van der Waals surface area contributed by atoms with Gasteiger partial charge in [-0.1, -0.05) is 36.6 Å². The monoisotopic (exact) mass is 471 g/mol. The van der Waals surface area contributed by atoms with Crippen LogP contribution in [0.4, 0.5) is 5.82 Å². The van der Waals surface area contributed by atoms with Crippen LogP contribution in [-0.4, -0.2) is 41.2 Å². The quantitative estimate of drug-likeness (QED) is 0.324. The number of aliphatic hydroxyl groups is 1. The molecule has 3 rings (SSSR count).